The standard InChI is InChI=1S/C18H32N2/c1-6-13-20(15(3)4)14-12-18(19-7-2)17-11-9-8-10-16(17)5/h8-11,15,18-19H,6-7,12-14H2,1-5H3. The average molecular weight is 276 g/mol. The second kappa shape index (κ2) is 9.15. The van der Waals surface area contributed by atoms with Gasteiger partial charge in [0.2, 0.25) is 0 Å². The molecule has 0 saturated heterocycles. The highest BCUT2D eigenvalue weighted by atomic mass is 15.1. The summed E-state index contributed by atoms with van der Waals surface area (Å²) in [7, 11) is 0. The molecule has 0 radical (unpaired) electrons. The Balaban J connectivity index is 2.70. The van der Waals surface area contributed by atoms with Crippen LogP contribution in [-0.4, -0.2) is 30.6 Å². The number of hydrogen-bond acceptors (Lipinski definition) is 2. The van der Waals surface area contributed by atoms with E-state index in [0.717, 1.165) is 13.1 Å². The van der Waals surface area contributed by atoms with Crippen molar-refractivity contribution in [1.29, 1.82) is 0 Å². The first-order valence-corrected chi connectivity index (χ1v) is 8.13. The van der Waals surface area contributed by atoms with Gasteiger partial charge in [0.25, 0.3) is 0 Å². The zero-order chi connectivity index (χ0) is 15.0. The molecule has 20 heavy (non-hydrogen) atoms. The van der Waals surface area contributed by atoms with E-state index in [0.29, 0.717) is 12.1 Å². The Morgan fingerprint density at radius 2 is 1.80 bits per heavy atom. The van der Waals surface area contributed by atoms with Crippen molar-refractivity contribution < 1.29 is 0 Å². The summed E-state index contributed by atoms with van der Waals surface area (Å²) in [6.45, 7) is 14.6. The van der Waals surface area contributed by atoms with Gasteiger partial charge in [-0.3, -0.25) is 0 Å². The maximum Gasteiger partial charge on any atom is 0.0334 e. The molecular weight excluding hydrogens is 244 g/mol. The first-order valence-electron chi connectivity index (χ1n) is 8.13. The number of benzene rings is 1. The molecule has 0 aliphatic heterocycles. The van der Waals surface area contributed by atoms with Gasteiger partial charge in [-0.1, -0.05) is 38.1 Å². The van der Waals surface area contributed by atoms with E-state index >= 15 is 0 Å². The molecule has 2 heteroatoms. The second-order valence-corrected chi connectivity index (χ2v) is 5.89. The summed E-state index contributed by atoms with van der Waals surface area (Å²) in [5, 5.41) is 3.65. The predicted molar refractivity (Wildman–Crippen MR) is 89.2 cm³/mol. The molecule has 0 heterocycles. The SMILES string of the molecule is CCCN(CCC(NCC)c1ccccc1C)C(C)C. The molecule has 0 aliphatic carbocycles. The largest absolute Gasteiger partial charge is 0.310 e. The van der Waals surface area contributed by atoms with Gasteiger partial charge < -0.3 is 10.2 Å². The average Bonchev–Trinajstić information content (AvgIpc) is 2.42. The van der Waals surface area contributed by atoms with E-state index in [1.165, 1.54) is 30.5 Å². The molecule has 1 aromatic carbocycles. The Morgan fingerprint density at radius 1 is 1.10 bits per heavy atom. The third-order valence-electron chi connectivity index (χ3n) is 3.96. The van der Waals surface area contributed by atoms with Crippen LogP contribution in [0.3, 0.4) is 0 Å². The fourth-order valence-electron chi connectivity index (χ4n) is 2.80. The molecule has 0 aromatic heterocycles. The highest BCUT2D eigenvalue weighted by Crippen LogP contribution is 2.21. The van der Waals surface area contributed by atoms with Crippen molar-refractivity contribution in [3.05, 3.63) is 35.4 Å². The van der Waals surface area contributed by atoms with E-state index in [2.05, 4.69) is 69.1 Å². The molecule has 0 spiro atoms. The van der Waals surface area contributed by atoms with Crippen molar-refractivity contribution in [1.82, 2.24) is 10.2 Å². The Bertz CT molecular complexity index is 373. The van der Waals surface area contributed by atoms with Crippen LogP contribution in [0.15, 0.2) is 24.3 Å². The maximum absolute atomic E-state index is 3.65. The van der Waals surface area contributed by atoms with E-state index in [1.54, 1.807) is 0 Å². The van der Waals surface area contributed by atoms with Crippen LogP contribution in [0.5, 0.6) is 0 Å². The summed E-state index contributed by atoms with van der Waals surface area (Å²) in [6.07, 6.45) is 2.41. The van der Waals surface area contributed by atoms with E-state index in [9.17, 15) is 0 Å². The molecule has 0 saturated carbocycles. The quantitative estimate of drug-likeness (QED) is 0.728. The molecular formula is C18H32N2. The highest BCUT2D eigenvalue weighted by molar-refractivity contribution is 5.28. The van der Waals surface area contributed by atoms with Crippen molar-refractivity contribution in [3.63, 3.8) is 0 Å². The Hall–Kier alpha value is -0.860. The third kappa shape index (κ3) is 5.26. The summed E-state index contributed by atoms with van der Waals surface area (Å²) in [5.74, 6) is 0. The van der Waals surface area contributed by atoms with Crippen molar-refractivity contribution in [2.45, 2.75) is 59.5 Å². The molecule has 0 bridgehead atoms. The molecule has 0 fully saturated rings. The first kappa shape index (κ1) is 17.2. The number of rotatable bonds is 9. The molecule has 1 atom stereocenters. The Kier molecular flexibility index (Phi) is 7.86. The minimum Gasteiger partial charge on any atom is -0.310 e. The lowest BCUT2D eigenvalue weighted by atomic mass is 9.98. The van der Waals surface area contributed by atoms with Gasteiger partial charge >= 0.3 is 0 Å². The van der Waals surface area contributed by atoms with Crippen LogP contribution in [0.25, 0.3) is 0 Å². The van der Waals surface area contributed by atoms with Crippen molar-refractivity contribution in [3.8, 4) is 0 Å². The van der Waals surface area contributed by atoms with Gasteiger partial charge in [-0.2, -0.15) is 0 Å². The van der Waals surface area contributed by atoms with Crippen LogP contribution in [-0.2, 0) is 0 Å². The van der Waals surface area contributed by atoms with E-state index in [-0.39, 0.29) is 0 Å². The zero-order valence-corrected chi connectivity index (χ0v) is 13.9. The lowest BCUT2D eigenvalue weighted by Crippen LogP contribution is -2.35. The van der Waals surface area contributed by atoms with Crippen LogP contribution in [0.4, 0.5) is 0 Å². The summed E-state index contributed by atoms with van der Waals surface area (Å²) < 4.78 is 0. The van der Waals surface area contributed by atoms with Gasteiger partial charge in [0, 0.05) is 18.6 Å². The Labute approximate surface area is 125 Å². The van der Waals surface area contributed by atoms with E-state index < -0.39 is 0 Å². The van der Waals surface area contributed by atoms with Gasteiger partial charge in [-0.15, -0.1) is 0 Å². The van der Waals surface area contributed by atoms with Gasteiger partial charge in [0.15, 0.2) is 0 Å². The van der Waals surface area contributed by atoms with E-state index in [4.69, 9.17) is 0 Å². The van der Waals surface area contributed by atoms with Gasteiger partial charge in [-0.05, 0) is 57.8 Å². The molecule has 1 N–H and O–H groups in total. The fraction of sp³-hybridized carbons (Fsp3) is 0.667. The van der Waals surface area contributed by atoms with Crippen molar-refractivity contribution in [2.24, 2.45) is 0 Å². The lowest BCUT2D eigenvalue weighted by Gasteiger charge is -2.29. The summed E-state index contributed by atoms with van der Waals surface area (Å²) in [4.78, 5) is 2.59. The van der Waals surface area contributed by atoms with Crippen LogP contribution in [0, 0.1) is 6.92 Å². The number of hydrogen-bond donors (Lipinski definition) is 1. The highest BCUT2D eigenvalue weighted by Gasteiger charge is 2.15. The fourth-order valence-corrected chi connectivity index (χ4v) is 2.80. The molecule has 1 unspecified atom stereocenters. The van der Waals surface area contributed by atoms with Crippen molar-refractivity contribution >= 4 is 0 Å². The molecule has 0 amide bonds. The van der Waals surface area contributed by atoms with Crippen LogP contribution in [0.2, 0.25) is 0 Å². The zero-order valence-electron chi connectivity index (χ0n) is 13.9. The monoisotopic (exact) mass is 276 g/mol. The normalized spacial score (nSPS) is 13.2. The first-order chi connectivity index (χ1) is 9.60. The minimum atomic E-state index is 0.472. The van der Waals surface area contributed by atoms with Crippen LogP contribution in [0.1, 0.15) is 57.7 Å². The van der Waals surface area contributed by atoms with Gasteiger partial charge in [-0.25, -0.2) is 0 Å². The molecule has 1 rings (SSSR count). The third-order valence-corrected chi connectivity index (χ3v) is 3.96. The lowest BCUT2D eigenvalue weighted by molar-refractivity contribution is 0.210. The predicted octanol–water partition coefficient (Wildman–Crippen LogP) is 4.16. The number of aryl methyl sites for hydroxylation is 1. The molecule has 2 nitrogen and oxygen atoms in total. The topological polar surface area (TPSA) is 15.3 Å². The minimum absolute atomic E-state index is 0.472. The maximum atomic E-state index is 3.65. The molecule has 0 aliphatic rings. The summed E-state index contributed by atoms with van der Waals surface area (Å²) >= 11 is 0. The van der Waals surface area contributed by atoms with Gasteiger partial charge in [0.05, 0.1) is 0 Å². The smallest absolute Gasteiger partial charge is 0.0334 e. The summed E-state index contributed by atoms with van der Waals surface area (Å²) in [5.41, 5.74) is 2.85. The Morgan fingerprint density at radius 3 is 2.35 bits per heavy atom. The van der Waals surface area contributed by atoms with Crippen molar-refractivity contribution in [2.75, 3.05) is 19.6 Å². The number of nitrogens with one attached hydrogen (secondary N) is 1. The van der Waals surface area contributed by atoms with Crippen LogP contribution >= 0.6 is 0 Å². The van der Waals surface area contributed by atoms with Gasteiger partial charge in [0.1, 0.15) is 0 Å². The molecule has 1 aromatic rings. The van der Waals surface area contributed by atoms with E-state index in [1.807, 2.05) is 0 Å². The van der Waals surface area contributed by atoms with Crippen LogP contribution < -0.4 is 5.32 Å². The second-order valence-electron chi connectivity index (χ2n) is 5.89. The summed E-state index contributed by atoms with van der Waals surface area (Å²) in [6, 6.07) is 9.86. The molecule has 114 valence electrons. The number of nitrogens with zero attached hydrogens (tertiary/aromatic N) is 1.